The topological polar surface area (TPSA) is 135 Å². The van der Waals surface area contributed by atoms with Gasteiger partial charge in [0.15, 0.2) is 5.90 Å². The highest BCUT2D eigenvalue weighted by Crippen LogP contribution is 2.34. The normalized spacial score (nSPS) is 11.9. The molecule has 168 valence electrons. The molecule has 1 aliphatic heterocycles. The van der Waals surface area contributed by atoms with E-state index in [1.165, 1.54) is 18.7 Å². The number of rotatable bonds is 6. The largest absolute Gasteiger partial charge is 0.424 e. The molecule has 3 amide bonds. The van der Waals surface area contributed by atoms with E-state index in [1.807, 2.05) is 18.2 Å². The summed E-state index contributed by atoms with van der Waals surface area (Å²) in [5.74, 6) is -1.95. The minimum atomic E-state index is -0.710. The molecule has 2 aromatic rings. The van der Waals surface area contributed by atoms with Gasteiger partial charge < -0.3 is 15.4 Å². The maximum absolute atomic E-state index is 13.0. The average Bonchev–Trinajstić information content (AvgIpc) is 3.09. The van der Waals surface area contributed by atoms with Gasteiger partial charge in [0.2, 0.25) is 11.8 Å². The van der Waals surface area contributed by atoms with Crippen molar-refractivity contribution in [1.29, 1.82) is 10.8 Å². The summed E-state index contributed by atoms with van der Waals surface area (Å²) in [6, 6.07) is 12.6. The van der Waals surface area contributed by atoms with Crippen molar-refractivity contribution in [2.45, 2.75) is 20.4 Å². The Balaban J connectivity index is 1.79. The summed E-state index contributed by atoms with van der Waals surface area (Å²) in [5.41, 5.74) is 3.29. The van der Waals surface area contributed by atoms with Gasteiger partial charge in [0.25, 0.3) is 11.8 Å². The Labute approximate surface area is 190 Å². The van der Waals surface area contributed by atoms with E-state index in [4.69, 9.17) is 15.6 Å². The summed E-state index contributed by atoms with van der Waals surface area (Å²) in [4.78, 5) is 38.1. The molecule has 2 aromatic carbocycles. The molecule has 33 heavy (non-hydrogen) atoms. The van der Waals surface area contributed by atoms with Crippen molar-refractivity contribution < 1.29 is 19.1 Å². The molecule has 9 nitrogen and oxygen atoms in total. The third-order valence-electron chi connectivity index (χ3n) is 4.87. The maximum atomic E-state index is 13.0. The van der Waals surface area contributed by atoms with E-state index in [0.29, 0.717) is 11.3 Å². The third kappa shape index (κ3) is 5.04. The van der Waals surface area contributed by atoms with Crippen LogP contribution in [0.2, 0.25) is 0 Å². The van der Waals surface area contributed by atoms with Crippen molar-refractivity contribution in [3.63, 3.8) is 0 Å². The number of carbonyl (C=O) groups is 3. The number of anilines is 1. The smallest absolute Gasteiger partial charge is 0.271 e. The first-order valence-electron chi connectivity index (χ1n) is 9.91. The van der Waals surface area contributed by atoms with E-state index in [1.54, 1.807) is 24.3 Å². The Morgan fingerprint density at radius 3 is 2.27 bits per heavy atom. The number of nitrogens with one attached hydrogen (secondary N) is 4. The fraction of sp³-hybridized carbons (Fsp3) is 0.125. The molecular formula is C24H23N5O4. The minimum absolute atomic E-state index is 0.108. The Bertz CT molecular complexity index is 1210. The fourth-order valence-electron chi connectivity index (χ4n) is 3.36. The van der Waals surface area contributed by atoms with Crippen LogP contribution in [0.5, 0.6) is 0 Å². The highest BCUT2D eigenvalue weighted by Gasteiger charge is 2.33. The van der Waals surface area contributed by atoms with Gasteiger partial charge in [-0.1, -0.05) is 37.4 Å². The number of nitrogens with zero attached hydrogens (tertiary/aromatic N) is 1. The first-order chi connectivity index (χ1) is 15.6. The highest BCUT2D eigenvalue weighted by atomic mass is 16.5. The fourth-order valence-corrected chi connectivity index (χ4v) is 3.36. The van der Waals surface area contributed by atoms with Crippen LogP contribution in [0.25, 0.3) is 11.1 Å². The van der Waals surface area contributed by atoms with Gasteiger partial charge in [0.05, 0.1) is 12.2 Å². The van der Waals surface area contributed by atoms with E-state index in [2.05, 4.69) is 23.8 Å². The Morgan fingerprint density at radius 2 is 1.67 bits per heavy atom. The van der Waals surface area contributed by atoms with Crippen LogP contribution in [-0.4, -0.2) is 34.4 Å². The summed E-state index contributed by atoms with van der Waals surface area (Å²) in [5, 5.41) is 20.0. The lowest BCUT2D eigenvalue weighted by molar-refractivity contribution is -0.118. The molecule has 1 heterocycles. The van der Waals surface area contributed by atoms with Crippen LogP contribution in [-0.2, 0) is 20.9 Å². The second-order valence-corrected chi connectivity index (χ2v) is 7.35. The molecule has 0 spiro atoms. The highest BCUT2D eigenvalue weighted by molar-refractivity contribution is 6.08. The maximum Gasteiger partial charge on any atom is 0.271 e. The first-order valence-corrected chi connectivity index (χ1v) is 9.91. The van der Waals surface area contributed by atoms with E-state index in [9.17, 15) is 14.4 Å². The first kappa shape index (κ1) is 23.1. The Kier molecular flexibility index (Phi) is 6.53. The number of fused-ring (bicyclic) bond motifs is 1. The van der Waals surface area contributed by atoms with Crippen LogP contribution in [0.3, 0.4) is 0 Å². The average molecular weight is 445 g/mol. The summed E-state index contributed by atoms with van der Waals surface area (Å²) in [6.07, 6.45) is 0. The zero-order valence-electron chi connectivity index (χ0n) is 18.2. The van der Waals surface area contributed by atoms with Crippen molar-refractivity contribution in [2.75, 3.05) is 5.32 Å². The molecule has 1 aliphatic rings. The predicted octanol–water partition coefficient (Wildman–Crippen LogP) is 3.40. The SMILES string of the molecule is C=C(NC(=O)C(=C)N1Cc2c(cccc2-c2ccc(NC(C)=O)cc2)C1=O)C(=N)OC(C)=N. The molecule has 0 unspecified atom stereocenters. The number of ether oxygens (including phenoxy) is 1. The van der Waals surface area contributed by atoms with E-state index < -0.39 is 11.8 Å². The number of benzene rings is 2. The quantitative estimate of drug-likeness (QED) is 0.308. The number of carbonyl (C=O) groups excluding carboxylic acids is 3. The van der Waals surface area contributed by atoms with Gasteiger partial charge in [-0.2, -0.15) is 0 Å². The molecule has 0 saturated heterocycles. The summed E-state index contributed by atoms with van der Waals surface area (Å²) >= 11 is 0. The molecule has 4 N–H and O–H groups in total. The second kappa shape index (κ2) is 9.31. The number of hydrogen-bond donors (Lipinski definition) is 4. The summed E-state index contributed by atoms with van der Waals surface area (Å²) in [6.45, 7) is 10.2. The standard InChI is InChI=1S/C24H23N5O4/c1-13(22(26)33-15(3)25)27-23(31)14(2)29-12-21-19(6-5-7-20(21)24(29)32)17-8-10-18(11-9-17)28-16(4)30/h5-11,25-26H,1-2,12H2,3-4H3,(H,27,31)(H,28,30). The van der Waals surface area contributed by atoms with Crippen molar-refractivity contribution in [2.24, 2.45) is 0 Å². The zero-order valence-corrected chi connectivity index (χ0v) is 18.2. The van der Waals surface area contributed by atoms with E-state index in [0.717, 1.165) is 16.7 Å². The lowest BCUT2D eigenvalue weighted by atomic mass is 9.97. The second-order valence-electron chi connectivity index (χ2n) is 7.35. The molecule has 0 saturated carbocycles. The van der Waals surface area contributed by atoms with Crippen LogP contribution >= 0.6 is 0 Å². The Hall–Kier alpha value is -4.53. The molecule has 9 heteroatoms. The molecular weight excluding hydrogens is 422 g/mol. The third-order valence-corrected chi connectivity index (χ3v) is 4.87. The molecule has 0 fully saturated rings. The summed E-state index contributed by atoms with van der Waals surface area (Å²) < 4.78 is 4.80. The van der Waals surface area contributed by atoms with Crippen molar-refractivity contribution in [1.82, 2.24) is 10.2 Å². The molecule has 0 aliphatic carbocycles. The zero-order chi connectivity index (χ0) is 24.3. The molecule has 0 bridgehead atoms. The Morgan fingerprint density at radius 1 is 1.03 bits per heavy atom. The van der Waals surface area contributed by atoms with Crippen molar-refractivity contribution in [3.05, 3.63) is 78.1 Å². The van der Waals surface area contributed by atoms with Crippen LogP contribution in [0.15, 0.2) is 67.0 Å². The molecule has 0 radical (unpaired) electrons. The lowest BCUT2D eigenvalue weighted by Gasteiger charge is -2.19. The van der Waals surface area contributed by atoms with Crippen LogP contribution in [0.4, 0.5) is 5.69 Å². The van der Waals surface area contributed by atoms with Gasteiger partial charge in [-0.15, -0.1) is 0 Å². The number of hydrogen-bond acceptors (Lipinski definition) is 6. The van der Waals surface area contributed by atoms with Crippen LogP contribution in [0, 0.1) is 10.8 Å². The van der Waals surface area contributed by atoms with Crippen molar-refractivity contribution >= 4 is 35.2 Å². The van der Waals surface area contributed by atoms with E-state index >= 15 is 0 Å². The van der Waals surface area contributed by atoms with Gasteiger partial charge in [-0.25, -0.2) is 0 Å². The monoisotopic (exact) mass is 445 g/mol. The van der Waals surface area contributed by atoms with Crippen molar-refractivity contribution in [3.8, 4) is 11.1 Å². The molecule has 0 atom stereocenters. The molecule has 0 aromatic heterocycles. The van der Waals surface area contributed by atoms with Crippen LogP contribution in [0.1, 0.15) is 29.8 Å². The minimum Gasteiger partial charge on any atom is -0.424 e. The van der Waals surface area contributed by atoms with Gasteiger partial charge >= 0.3 is 0 Å². The van der Waals surface area contributed by atoms with Gasteiger partial charge in [-0.05, 0) is 34.9 Å². The van der Waals surface area contributed by atoms with Gasteiger partial charge in [-0.3, -0.25) is 30.1 Å². The molecule has 3 rings (SSSR count). The predicted molar refractivity (Wildman–Crippen MR) is 125 cm³/mol. The summed E-state index contributed by atoms with van der Waals surface area (Å²) in [7, 11) is 0. The van der Waals surface area contributed by atoms with Crippen LogP contribution < -0.4 is 10.6 Å². The van der Waals surface area contributed by atoms with E-state index in [-0.39, 0.29) is 35.7 Å². The van der Waals surface area contributed by atoms with Gasteiger partial charge in [0.1, 0.15) is 5.70 Å². The van der Waals surface area contributed by atoms with Gasteiger partial charge in [0, 0.05) is 25.1 Å². The lowest BCUT2D eigenvalue weighted by Crippen LogP contribution is -2.36. The number of amides is 3.